The van der Waals surface area contributed by atoms with Gasteiger partial charge in [-0.15, -0.1) is 0 Å². The van der Waals surface area contributed by atoms with Gasteiger partial charge in [-0.1, -0.05) is 26.7 Å². The van der Waals surface area contributed by atoms with E-state index in [9.17, 15) is 0 Å². The van der Waals surface area contributed by atoms with Crippen LogP contribution in [0.1, 0.15) is 58.8 Å². The van der Waals surface area contributed by atoms with E-state index in [2.05, 4.69) is 13.8 Å². The van der Waals surface area contributed by atoms with Crippen LogP contribution in [0.3, 0.4) is 0 Å². The molecule has 3 aliphatic carbocycles. The summed E-state index contributed by atoms with van der Waals surface area (Å²) in [5, 5.41) is 0. The largest absolute Gasteiger partial charge is 0.0651 e. The first-order chi connectivity index (χ1) is 7.31. The van der Waals surface area contributed by atoms with Gasteiger partial charge in [0.05, 0.1) is 0 Å². The van der Waals surface area contributed by atoms with Gasteiger partial charge in [-0.3, -0.25) is 0 Å². The summed E-state index contributed by atoms with van der Waals surface area (Å²) < 4.78 is 0. The van der Waals surface area contributed by atoms with Gasteiger partial charge >= 0.3 is 0 Å². The van der Waals surface area contributed by atoms with Gasteiger partial charge in [0.25, 0.3) is 0 Å². The molecule has 3 saturated carbocycles. The van der Waals surface area contributed by atoms with E-state index < -0.39 is 0 Å². The highest BCUT2D eigenvalue weighted by atomic mass is 14.5. The van der Waals surface area contributed by atoms with E-state index in [1.165, 1.54) is 12.8 Å². The van der Waals surface area contributed by atoms with Gasteiger partial charge in [0.2, 0.25) is 0 Å². The smallest absolute Gasteiger partial charge is 0.0352 e. The Bertz CT molecular complexity index is 230. The van der Waals surface area contributed by atoms with Gasteiger partial charge < -0.3 is 0 Å². The first-order valence-corrected chi connectivity index (χ1v) is 7.31. The topological polar surface area (TPSA) is 0 Å². The molecular formula is C15H26. The molecule has 86 valence electrons. The second-order valence-electron chi connectivity index (χ2n) is 6.53. The van der Waals surface area contributed by atoms with Gasteiger partial charge in [-0.25, -0.2) is 0 Å². The maximum Gasteiger partial charge on any atom is -0.0352 e. The van der Waals surface area contributed by atoms with E-state index in [0.717, 1.165) is 35.5 Å². The third-order valence-electron chi connectivity index (χ3n) is 6.17. The Morgan fingerprint density at radius 1 is 0.733 bits per heavy atom. The van der Waals surface area contributed by atoms with Crippen molar-refractivity contribution in [3.05, 3.63) is 0 Å². The Labute approximate surface area is 94.8 Å². The van der Waals surface area contributed by atoms with Gasteiger partial charge in [-0.2, -0.15) is 0 Å². The lowest BCUT2D eigenvalue weighted by Crippen LogP contribution is -2.47. The molecule has 6 atom stereocenters. The molecule has 0 aromatic carbocycles. The van der Waals surface area contributed by atoms with E-state index in [0.29, 0.717) is 0 Å². The molecule has 0 nitrogen and oxygen atoms in total. The fraction of sp³-hybridized carbons (Fsp3) is 1.00. The van der Waals surface area contributed by atoms with Gasteiger partial charge in [0.15, 0.2) is 0 Å². The quantitative estimate of drug-likeness (QED) is 0.638. The highest BCUT2D eigenvalue weighted by Crippen LogP contribution is 2.57. The monoisotopic (exact) mass is 206 g/mol. The molecule has 0 bridgehead atoms. The van der Waals surface area contributed by atoms with Gasteiger partial charge in [0.1, 0.15) is 0 Å². The summed E-state index contributed by atoms with van der Waals surface area (Å²) in [7, 11) is 0. The van der Waals surface area contributed by atoms with Crippen LogP contribution in [0.4, 0.5) is 0 Å². The lowest BCUT2D eigenvalue weighted by Gasteiger charge is -2.56. The minimum Gasteiger partial charge on any atom is -0.0651 e. The van der Waals surface area contributed by atoms with Crippen molar-refractivity contribution in [1.82, 2.24) is 0 Å². The molecule has 0 aromatic rings. The predicted molar refractivity (Wildman–Crippen MR) is 64.6 cm³/mol. The number of hydrogen-bond acceptors (Lipinski definition) is 0. The van der Waals surface area contributed by atoms with Crippen LogP contribution in [0.5, 0.6) is 0 Å². The summed E-state index contributed by atoms with van der Waals surface area (Å²) in [6.07, 6.45) is 10.8. The molecule has 0 amide bonds. The zero-order chi connectivity index (χ0) is 10.4. The first kappa shape index (κ1) is 10.2. The third-order valence-corrected chi connectivity index (χ3v) is 6.17. The van der Waals surface area contributed by atoms with Crippen molar-refractivity contribution in [3.8, 4) is 0 Å². The Morgan fingerprint density at radius 2 is 1.33 bits per heavy atom. The maximum atomic E-state index is 2.49. The molecule has 0 spiro atoms. The minimum atomic E-state index is 1.07. The molecule has 15 heavy (non-hydrogen) atoms. The van der Waals surface area contributed by atoms with Gasteiger partial charge in [0, 0.05) is 0 Å². The van der Waals surface area contributed by atoms with E-state index in [-0.39, 0.29) is 0 Å². The molecule has 0 aromatic heterocycles. The average Bonchev–Trinajstić information content (AvgIpc) is 2.17. The van der Waals surface area contributed by atoms with Crippen molar-refractivity contribution in [2.24, 2.45) is 35.5 Å². The van der Waals surface area contributed by atoms with Crippen LogP contribution in [0.25, 0.3) is 0 Å². The van der Waals surface area contributed by atoms with E-state index in [4.69, 9.17) is 0 Å². The van der Waals surface area contributed by atoms with Crippen molar-refractivity contribution in [3.63, 3.8) is 0 Å². The molecule has 3 aliphatic rings. The summed E-state index contributed by atoms with van der Waals surface area (Å²) in [4.78, 5) is 0. The standard InChI is InChI=1S/C15H26/c1-3-11-5-7-13(11)15-9-8-14(15)12-6-4-10(12)2/h10-15H,3-9H2,1-2H3. The lowest BCUT2D eigenvalue weighted by molar-refractivity contribution is -0.0598. The summed E-state index contributed by atoms with van der Waals surface area (Å²) in [5.74, 6) is 6.80. The summed E-state index contributed by atoms with van der Waals surface area (Å²) >= 11 is 0. The highest BCUT2D eigenvalue weighted by molar-refractivity contribution is 4.98. The Hall–Kier alpha value is 0. The van der Waals surface area contributed by atoms with E-state index in [1.807, 2.05) is 0 Å². The normalized spacial score (nSPS) is 54.0. The first-order valence-electron chi connectivity index (χ1n) is 7.31. The van der Waals surface area contributed by atoms with E-state index in [1.54, 1.807) is 32.1 Å². The van der Waals surface area contributed by atoms with Crippen molar-refractivity contribution < 1.29 is 0 Å². The van der Waals surface area contributed by atoms with Crippen LogP contribution in [-0.2, 0) is 0 Å². The summed E-state index contributed by atoms with van der Waals surface area (Å²) in [6.45, 7) is 4.89. The van der Waals surface area contributed by atoms with Crippen molar-refractivity contribution >= 4 is 0 Å². The summed E-state index contributed by atoms with van der Waals surface area (Å²) in [6, 6.07) is 0. The molecule has 0 heteroatoms. The van der Waals surface area contributed by atoms with Crippen molar-refractivity contribution in [2.45, 2.75) is 58.8 Å². The molecule has 0 N–H and O–H groups in total. The van der Waals surface area contributed by atoms with Gasteiger partial charge in [-0.05, 0) is 67.6 Å². The molecule has 3 fully saturated rings. The minimum absolute atomic E-state index is 1.07. The molecular weight excluding hydrogens is 180 g/mol. The fourth-order valence-electron chi connectivity index (χ4n) is 4.61. The second kappa shape index (κ2) is 3.79. The van der Waals surface area contributed by atoms with Crippen molar-refractivity contribution in [1.29, 1.82) is 0 Å². The zero-order valence-electron chi connectivity index (χ0n) is 10.4. The predicted octanol–water partition coefficient (Wildman–Crippen LogP) is 4.49. The fourth-order valence-corrected chi connectivity index (χ4v) is 4.61. The molecule has 0 aliphatic heterocycles. The lowest BCUT2D eigenvalue weighted by atomic mass is 9.50. The average molecular weight is 206 g/mol. The number of rotatable bonds is 3. The van der Waals surface area contributed by atoms with Crippen LogP contribution < -0.4 is 0 Å². The van der Waals surface area contributed by atoms with Crippen LogP contribution in [0.2, 0.25) is 0 Å². The van der Waals surface area contributed by atoms with Crippen LogP contribution in [0.15, 0.2) is 0 Å². The van der Waals surface area contributed by atoms with E-state index >= 15 is 0 Å². The molecule has 0 radical (unpaired) electrons. The molecule has 0 heterocycles. The Balaban J connectivity index is 1.58. The highest BCUT2D eigenvalue weighted by Gasteiger charge is 2.48. The molecule has 6 unspecified atom stereocenters. The maximum absolute atomic E-state index is 2.49. The SMILES string of the molecule is CCC1CCC1C1CCC1C1CCC1C. The number of hydrogen-bond donors (Lipinski definition) is 0. The molecule has 0 saturated heterocycles. The second-order valence-corrected chi connectivity index (χ2v) is 6.53. The third kappa shape index (κ3) is 1.47. The Kier molecular flexibility index (Phi) is 2.57. The van der Waals surface area contributed by atoms with Crippen LogP contribution in [0, 0.1) is 35.5 Å². The Morgan fingerprint density at radius 3 is 1.67 bits per heavy atom. The summed E-state index contributed by atoms with van der Waals surface area (Å²) in [5.41, 5.74) is 0. The zero-order valence-corrected chi connectivity index (χ0v) is 10.4. The molecule has 3 rings (SSSR count). The van der Waals surface area contributed by atoms with Crippen molar-refractivity contribution in [2.75, 3.05) is 0 Å². The van der Waals surface area contributed by atoms with Crippen LogP contribution >= 0.6 is 0 Å². The van der Waals surface area contributed by atoms with Crippen LogP contribution in [-0.4, -0.2) is 0 Å².